The molecule has 0 radical (unpaired) electrons. The van der Waals surface area contributed by atoms with Gasteiger partial charge in [-0.15, -0.1) is 0 Å². The van der Waals surface area contributed by atoms with Crippen LogP contribution in [0.25, 0.3) is 0 Å². The molecule has 2 nitrogen and oxygen atoms in total. The highest BCUT2D eigenvalue weighted by molar-refractivity contribution is 9.10. The van der Waals surface area contributed by atoms with Crippen molar-refractivity contribution in [2.24, 2.45) is 5.73 Å². The van der Waals surface area contributed by atoms with E-state index in [-0.39, 0.29) is 5.82 Å². The maximum absolute atomic E-state index is 14.1. The Hall–Kier alpha value is -1.39. The van der Waals surface area contributed by atoms with Gasteiger partial charge in [0.2, 0.25) is 0 Å². The van der Waals surface area contributed by atoms with E-state index < -0.39 is 6.04 Å². The molecule has 0 saturated heterocycles. The van der Waals surface area contributed by atoms with Crippen LogP contribution in [0.1, 0.15) is 29.7 Å². The van der Waals surface area contributed by atoms with E-state index in [0.29, 0.717) is 17.9 Å². The van der Waals surface area contributed by atoms with E-state index in [9.17, 15) is 4.39 Å². The third-order valence-corrected chi connectivity index (χ3v) is 3.59. The first-order valence-corrected chi connectivity index (χ1v) is 7.26. The van der Waals surface area contributed by atoms with E-state index in [0.717, 1.165) is 15.6 Å². The van der Waals surface area contributed by atoms with Crippen LogP contribution in [0.4, 0.5) is 4.39 Å². The van der Waals surface area contributed by atoms with Crippen molar-refractivity contribution < 1.29 is 9.13 Å². The lowest BCUT2D eigenvalue weighted by Gasteiger charge is -2.18. The molecule has 0 aliphatic heterocycles. The van der Waals surface area contributed by atoms with Gasteiger partial charge >= 0.3 is 0 Å². The molecule has 0 aliphatic rings. The normalized spacial score (nSPS) is 12.2. The van der Waals surface area contributed by atoms with Crippen LogP contribution in [-0.2, 0) is 0 Å². The van der Waals surface area contributed by atoms with Gasteiger partial charge in [-0.1, -0.05) is 28.1 Å². The Bertz CT molecular complexity index is 615. The first-order valence-electron chi connectivity index (χ1n) is 6.46. The molecule has 106 valence electrons. The van der Waals surface area contributed by atoms with Crippen LogP contribution in [0.15, 0.2) is 40.9 Å². The molecule has 0 saturated carbocycles. The molecule has 0 fully saturated rings. The average Bonchev–Trinajstić information content (AvgIpc) is 2.40. The molecule has 1 unspecified atom stereocenters. The fourth-order valence-corrected chi connectivity index (χ4v) is 2.48. The van der Waals surface area contributed by atoms with Crippen LogP contribution < -0.4 is 10.5 Å². The highest BCUT2D eigenvalue weighted by Gasteiger charge is 2.18. The Morgan fingerprint density at radius 3 is 2.60 bits per heavy atom. The number of ether oxygens (including phenoxy) is 1. The second-order valence-corrected chi connectivity index (χ2v) is 5.53. The predicted octanol–water partition coefficient (Wildman–Crippen LogP) is 4.34. The van der Waals surface area contributed by atoms with Gasteiger partial charge in [0, 0.05) is 15.6 Å². The Kier molecular flexibility index (Phi) is 4.78. The van der Waals surface area contributed by atoms with Crippen LogP contribution in [0.3, 0.4) is 0 Å². The molecule has 2 aromatic rings. The van der Waals surface area contributed by atoms with E-state index in [1.165, 1.54) is 6.07 Å². The first-order chi connectivity index (χ1) is 9.52. The number of hydrogen-bond acceptors (Lipinski definition) is 2. The lowest BCUT2D eigenvalue weighted by Crippen LogP contribution is -2.15. The third-order valence-electron chi connectivity index (χ3n) is 3.10. The van der Waals surface area contributed by atoms with Crippen LogP contribution in [-0.4, -0.2) is 6.61 Å². The van der Waals surface area contributed by atoms with Gasteiger partial charge in [-0.3, -0.25) is 0 Å². The predicted molar refractivity (Wildman–Crippen MR) is 82.5 cm³/mol. The van der Waals surface area contributed by atoms with E-state index in [4.69, 9.17) is 10.5 Å². The summed E-state index contributed by atoms with van der Waals surface area (Å²) in [5.41, 5.74) is 8.33. The molecule has 1 atom stereocenters. The summed E-state index contributed by atoms with van der Waals surface area (Å²) >= 11 is 3.41. The minimum absolute atomic E-state index is 0.292. The van der Waals surface area contributed by atoms with Gasteiger partial charge in [-0.05, 0) is 43.7 Å². The minimum atomic E-state index is -0.561. The lowest BCUT2D eigenvalue weighted by atomic mass is 9.97. The highest BCUT2D eigenvalue weighted by atomic mass is 79.9. The average molecular weight is 338 g/mol. The number of rotatable bonds is 4. The number of hydrogen-bond donors (Lipinski definition) is 1. The van der Waals surface area contributed by atoms with Gasteiger partial charge < -0.3 is 10.5 Å². The zero-order valence-electron chi connectivity index (χ0n) is 11.5. The Labute approximate surface area is 126 Å². The fraction of sp³-hybridized carbons (Fsp3) is 0.250. The van der Waals surface area contributed by atoms with E-state index in [1.807, 2.05) is 38.1 Å². The molecule has 0 aliphatic carbocycles. The van der Waals surface area contributed by atoms with Crippen molar-refractivity contribution in [1.29, 1.82) is 0 Å². The molecule has 0 bridgehead atoms. The third kappa shape index (κ3) is 3.19. The van der Waals surface area contributed by atoms with Crippen molar-refractivity contribution in [3.8, 4) is 5.75 Å². The topological polar surface area (TPSA) is 35.2 Å². The summed E-state index contributed by atoms with van der Waals surface area (Å²) in [4.78, 5) is 0. The van der Waals surface area contributed by atoms with Crippen molar-refractivity contribution in [3.63, 3.8) is 0 Å². The summed E-state index contributed by atoms with van der Waals surface area (Å²) in [6.07, 6.45) is 0. The number of halogens is 2. The van der Waals surface area contributed by atoms with E-state index in [2.05, 4.69) is 15.9 Å². The second-order valence-electron chi connectivity index (χ2n) is 4.62. The summed E-state index contributed by atoms with van der Waals surface area (Å²) in [5, 5.41) is 0. The van der Waals surface area contributed by atoms with Crippen molar-refractivity contribution in [1.82, 2.24) is 0 Å². The molecule has 2 aromatic carbocycles. The van der Waals surface area contributed by atoms with Gasteiger partial charge in [0.15, 0.2) is 0 Å². The second kappa shape index (κ2) is 6.37. The van der Waals surface area contributed by atoms with E-state index >= 15 is 0 Å². The molecule has 2 N–H and O–H groups in total. The maximum atomic E-state index is 14.1. The quantitative estimate of drug-likeness (QED) is 0.900. The summed E-state index contributed by atoms with van der Waals surface area (Å²) in [7, 11) is 0. The number of nitrogens with two attached hydrogens (primary N) is 1. The molecule has 20 heavy (non-hydrogen) atoms. The molecule has 0 heterocycles. The Balaban J connectivity index is 2.46. The van der Waals surface area contributed by atoms with Crippen molar-refractivity contribution in [2.45, 2.75) is 19.9 Å². The molecular weight excluding hydrogens is 321 g/mol. The van der Waals surface area contributed by atoms with Gasteiger partial charge in [0.1, 0.15) is 11.6 Å². The van der Waals surface area contributed by atoms with Crippen LogP contribution in [0.5, 0.6) is 5.75 Å². The monoisotopic (exact) mass is 337 g/mol. The standard InChI is InChI=1S/C16H17BrFNO/c1-3-20-15-7-5-11(17)9-13(15)16(19)12-6-4-10(2)8-14(12)18/h4-9,16H,3,19H2,1-2H3. The van der Waals surface area contributed by atoms with Crippen molar-refractivity contribution in [2.75, 3.05) is 6.61 Å². The molecule has 0 aromatic heterocycles. The van der Waals surface area contributed by atoms with Crippen molar-refractivity contribution in [3.05, 3.63) is 63.4 Å². The Morgan fingerprint density at radius 2 is 1.95 bits per heavy atom. The Morgan fingerprint density at radius 1 is 1.20 bits per heavy atom. The maximum Gasteiger partial charge on any atom is 0.128 e. The highest BCUT2D eigenvalue weighted by Crippen LogP contribution is 2.32. The summed E-state index contributed by atoms with van der Waals surface area (Å²) in [6, 6.07) is 10.1. The fourth-order valence-electron chi connectivity index (χ4n) is 2.10. The lowest BCUT2D eigenvalue weighted by molar-refractivity contribution is 0.335. The molecule has 0 spiro atoms. The number of aryl methyl sites for hydroxylation is 1. The molecule has 0 amide bonds. The largest absolute Gasteiger partial charge is 0.494 e. The zero-order valence-corrected chi connectivity index (χ0v) is 13.1. The van der Waals surface area contributed by atoms with Crippen molar-refractivity contribution >= 4 is 15.9 Å². The zero-order chi connectivity index (χ0) is 14.7. The van der Waals surface area contributed by atoms with Crippen LogP contribution in [0, 0.1) is 12.7 Å². The van der Waals surface area contributed by atoms with Gasteiger partial charge in [0.25, 0.3) is 0 Å². The first kappa shape index (κ1) is 15.0. The van der Waals surface area contributed by atoms with Gasteiger partial charge in [-0.2, -0.15) is 0 Å². The summed E-state index contributed by atoms with van der Waals surface area (Å²) in [6.45, 7) is 4.30. The minimum Gasteiger partial charge on any atom is -0.494 e. The SMILES string of the molecule is CCOc1ccc(Br)cc1C(N)c1ccc(C)cc1F. The molecule has 2 rings (SSSR count). The van der Waals surface area contributed by atoms with Crippen LogP contribution >= 0.6 is 15.9 Å². The van der Waals surface area contributed by atoms with Crippen LogP contribution in [0.2, 0.25) is 0 Å². The number of benzene rings is 2. The molecule has 4 heteroatoms. The summed E-state index contributed by atoms with van der Waals surface area (Å²) < 4.78 is 20.5. The van der Waals surface area contributed by atoms with Gasteiger partial charge in [-0.25, -0.2) is 4.39 Å². The van der Waals surface area contributed by atoms with E-state index in [1.54, 1.807) is 6.07 Å². The molecular formula is C16H17BrFNO. The van der Waals surface area contributed by atoms with Gasteiger partial charge in [0.05, 0.1) is 12.6 Å². The smallest absolute Gasteiger partial charge is 0.128 e. The summed E-state index contributed by atoms with van der Waals surface area (Å²) in [5.74, 6) is 0.392.